The number of aliphatic hydroxyl groups is 1. The molecule has 2 aliphatic rings. The highest BCUT2D eigenvalue weighted by Crippen LogP contribution is 2.50. The van der Waals surface area contributed by atoms with Crippen molar-refractivity contribution in [1.82, 2.24) is 5.32 Å². The van der Waals surface area contributed by atoms with E-state index in [1.165, 1.54) is 0 Å². The molecule has 0 bridgehead atoms. The van der Waals surface area contributed by atoms with Crippen molar-refractivity contribution in [3.05, 3.63) is 22.8 Å². The van der Waals surface area contributed by atoms with Crippen LogP contribution in [0.25, 0.3) is 0 Å². The monoisotopic (exact) mass is 463 g/mol. The van der Waals surface area contributed by atoms with E-state index in [0.29, 0.717) is 53.7 Å². The van der Waals surface area contributed by atoms with Crippen molar-refractivity contribution < 1.29 is 23.8 Å². The molecule has 0 unspecified atom stereocenters. The maximum absolute atomic E-state index is 12.4. The van der Waals surface area contributed by atoms with E-state index in [9.17, 15) is 9.90 Å². The Morgan fingerprint density at radius 2 is 1.81 bits per heavy atom. The molecule has 0 radical (unpaired) electrons. The molecular weight excluding hydrogens is 422 g/mol. The summed E-state index contributed by atoms with van der Waals surface area (Å²) in [5.74, 6) is 1.34. The summed E-state index contributed by atoms with van der Waals surface area (Å²) in [7, 11) is -0.535. The van der Waals surface area contributed by atoms with Crippen LogP contribution < -0.4 is 14.8 Å². The van der Waals surface area contributed by atoms with Crippen molar-refractivity contribution in [3.63, 3.8) is 0 Å². The van der Waals surface area contributed by atoms with Gasteiger partial charge in [-0.2, -0.15) is 0 Å². The molecule has 180 valence electrons. The predicted molar refractivity (Wildman–Crippen MR) is 129 cm³/mol. The Labute approximate surface area is 194 Å². The van der Waals surface area contributed by atoms with Crippen molar-refractivity contribution in [1.29, 1.82) is 0 Å². The van der Waals surface area contributed by atoms with E-state index in [1.54, 1.807) is 7.11 Å². The topological polar surface area (TPSA) is 77.0 Å². The van der Waals surface area contributed by atoms with Gasteiger partial charge in [0.2, 0.25) is 8.32 Å². The molecule has 2 atom stereocenters. The lowest BCUT2D eigenvalue weighted by atomic mass is 9.84. The van der Waals surface area contributed by atoms with Gasteiger partial charge in [0.05, 0.1) is 18.8 Å². The average Bonchev–Trinajstić information content (AvgIpc) is 3.10. The van der Waals surface area contributed by atoms with Crippen molar-refractivity contribution in [3.8, 4) is 11.5 Å². The minimum atomic E-state index is -2.17. The largest absolute Gasteiger partial charge is 0.496 e. The summed E-state index contributed by atoms with van der Waals surface area (Å²) in [4.78, 5) is 12.4. The van der Waals surface area contributed by atoms with Crippen molar-refractivity contribution >= 4 is 14.2 Å². The van der Waals surface area contributed by atoms with E-state index < -0.39 is 13.9 Å². The van der Waals surface area contributed by atoms with Crippen LogP contribution >= 0.6 is 0 Å². The van der Waals surface area contributed by atoms with Gasteiger partial charge >= 0.3 is 0 Å². The summed E-state index contributed by atoms with van der Waals surface area (Å²) in [6.07, 6.45) is 1.83. The van der Waals surface area contributed by atoms with Gasteiger partial charge in [0.1, 0.15) is 17.1 Å². The molecule has 32 heavy (non-hydrogen) atoms. The van der Waals surface area contributed by atoms with Crippen molar-refractivity contribution in [2.45, 2.75) is 103 Å². The minimum absolute atomic E-state index is 0.0917. The van der Waals surface area contributed by atoms with E-state index >= 15 is 0 Å². The maximum atomic E-state index is 12.4. The zero-order valence-electron chi connectivity index (χ0n) is 21.0. The molecule has 0 saturated heterocycles. The highest BCUT2D eigenvalue weighted by atomic mass is 28.4. The van der Waals surface area contributed by atoms with Gasteiger partial charge in [-0.3, -0.25) is 4.79 Å². The summed E-state index contributed by atoms with van der Waals surface area (Å²) in [5, 5.41) is 12.5. The first-order valence-electron chi connectivity index (χ1n) is 12.0. The Morgan fingerprint density at radius 3 is 2.34 bits per heavy atom. The smallest absolute Gasteiger partial charge is 0.252 e. The molecule has 3 rings (SSSR count). The van der Waals surface area contributed by atoms with Crippen LogP contribution in [-0.4, -0.2) is 44.8 Å². The number of methoxy groups -OCH3 is 1. The normalized spacial score (nSPS) is 22.8. The highest BCUT2D eigenvalue weighted by Gasteiger charge is 2.52. The number of hydrogen-bond acceptors (Lipinski definition) is 5. The molecule has 1 aromatic rings. The van der Waals surface area contributed by atoms with Gasteiger partial charge in [0, 0.05) is 30.7 Å². The number of hydrogen-bond donors (Lipinski definition) is 2. The van der Waals surface area contributed by atoms with Crippen LogP contribution in [0.15, 0.2) is 6.07 Å². The van der Waals surface area contributed by atoms with E-state index in [0.717, 1.165) is 16.9 Å². The number of nitrogens with one attached hydrogen (secondary N) is 1. The Hall–Kier alpha value is -1.57. The van der Waals surface area contributed by atoms with Gasteiger partial charge < -0.3 is 24.3 Å². The van der Waals surface area contributed by atoms with Crippen LogP contribution in [0.1, 0.15) is 82.8 Å². The number of amides is 1. The number of rotatable bonds is 9. The first-order valence-corrected chi connectivity index (χ1v) is 14.1. The fraction of sp³-hybridized carbons (Fsp3) is 0.720. The van der Waals surface area contributed by atoms with E-state index in [-0.39, 0.29) is 18.6 Å². The number of aliphatic hydroxyl groups excluding tert-OH is 1. The number of ether oxygens (including phenoxy) is 2. The molecule has 0 saturated carbocycles. The van der Waals surface area contributed by atoms with Crippen LogP contribution in [-0.2, 0) is 17.4 Å². The second-order valence-corrected chi connectivity index (χ2v) is 15.9. The van der Waals surface area contributed by atoms with Crippen molar-refractivity contribution in [2.24, 2.45) is 0 Å². The second-order valence-electron chi connectivity index (χ2n) is 10.5. The van der Waals surface area contributed by atoms with Crippen LogP contribution in [0, 0.1) is 0 Å². The fourth-order valence-electron chi connectivity index (χ4n) is 6.03. The van der Waals surface area contributed by atoms with Gasteiger partial charge in [-0.25, -0.2) is 0 Å². The lowest BCUT2D eigenvalue weighted by molar-refractivity contribution is -0.0576. The summed E-state index contributed by atoms with van der Waals surface area (Å²) in [6, 6.07) is 1.84. The van der Waals surface area contributed by atoms with Crippen molar-refractivity contribution in [2.75, 3.05) is 13.7 Å². The Morgan fingerprint density at radius 1 is 1.19 bits per heavy atom. The Bertz CT molecular complexity index is 831. The molecular formula is C25H41NO5Si. The van der Waals surface area contributed by atoms with Crippen LogP contribution in [0.2, 0.25) is 16.6 Å². The third-order valence-electron chi connectivity index (χ3n) is 7.63. The standard InChI is InChI=1S/C25H41NO5Si/c1-15(2)32(16(3)4,17(5)6)31-22-13-19-21(29-8)12-18-20(14-26-24(18)28)23(19)30-25(22,7)10-9-11-27/h12,15-17,22,27H,9-11,13-14H2,1-8H3,(H,26,28)/t22-,25-/m0/s1. The molecule has 0 fully saturated rings. The van der Waals surface area contributed by atoms with Gasteiger partial charge in [-0.05, 0) is 42.5 Å². The van der Waals surface area contributed by atoms with Crippen LogP contribution in [0.5, 0.6) is 11.5 Å². The second kappa shape index (κ2) is 9.35. The SMILES string of the molecule is COc1cc2c(c3c1C[C@H](O[Si](C(C)C)(C(C)C)C(C)C)[C@](C)(CCCO)O3)CNC2=O. The molecule has 2 heterocycles. The number of benzene rings is 1. The lowest BCUT2D eigenvalue weighted by Crippen LogP contribution is -2.59. The first-order chi connectivity index (χ1) is 15.0. The van der Waals surface area contributed by atoms with Gasteiger partial charge in [0.15, 0.2) is 0 Å². The number of fused-ring (bicyclic) bond motifs is 3. The molecule has 0 aromatic heterocycles. The Balaban J connectivity index is 2.12. The minimum Gasteiger partial charge on any atom is -0.496 e. The fourth-order valence-corrected chi connectivity index (χ4v) is 11.7. The molecule has 2 aliphatic heterocycles. The molecule has 6 nitrogen and oxygen atoms in total. The first kappa shape index (κ1) is 25.1. The van der Waals surface area contributed by atoms with Gasteiger partial charge in [-0.15, -0.1) is 0 Å². The average molecular weight is 464 g/mol. The summed E-state index contributed by atoms with van der Waals surface area (Å²) in [5.41, 5.74) is 3.27. The van der Waals surface area contributed by atoms with Gasteiger partial charge in [0.25, 0.3) is 5.91 Å². The summed E-state index contributed by atoms with van der Waals surface area (Å²) < 4.78 is 19.7. The lowest BCUT2D eigenvalue weighted by Gasteiger charge is -2.51. The van der Waals surface area contributed by atoms with E-state index in [1.807, 2.05) is 6.07 Å². The third-order valence-corrected chi connectivity index (χ3v) is 13.7. The third kappa shape index (κ3) is 4.08. The predicted octanol–water partition coefficient (Wildman–Crippen LogP) is 4.97. The molecule has 1 aromatic carbocycles. The summed E-state index contributed by atoms with van der Waals surface area (Å²) in [6.45, 7) is 16.4. The molecule has 0 spiro atoms. The zero-order chi connectivity index (χ0) is 23.8. The number of carbonyl (C=O) groups is 1. The maximum Gasteiger partial charge on any atom is 0.252 e. The summed E-state index contributed by atoms with van der Waals surface area (Å²) >= 11 is 0. The van der Waals surface area contributed by atoms with Crippen LogP contribution in [0.4, 0.5) is 0 Å². The Kier molecular flexibility index (Phi) is 7.32. The van der Waals surface area contributed by atoms with E-state index in [2.05, 4.69) is 53.8 Å². The molecule has 7 heteroatoms. The molecule has 2 N–H and O–H groups in total. The highest BCUT2D eigenvalue weighted by molar-refractivity contribution is 6.77. The van der Waals surface area contributed by atoms with Crippen LogP contribution in [0.3, 0.4) is 0 Å². The molecule has 1 amide bonds. The van der Waals surface area contributed by atoms with E-state index in [4.69, 9.17) is 13.9 Å². The molecule has 0 aliphatic carbocycles. The van der Waals surface area contributed by atoms with Gasteiger partial charge in [-0.1, -0.05) is 41.5 Å². The zero-order valence-corrected chi connectivity index (χ0v) is 22.0. The quantitative estimate of drug-likeness (QED) is 0.506. The number of carbonyl (C=O) groups excluding carboxylic acids is 1.